The Hall–Kier alpha value is -14.7. The summed E-state index contributed by atoms with van der Waals surface area (Å²) >= 11 is 5.74. The van der Waals surface area contributed by atoms with E-state index in [2.05, 4.69) is 90.6 Å². The van der Waals surface area contributed by atoms with E-state index >= 15 is 0 Å². The summed E-state index contributed by atoms with van der Waals surface area (Å²) in [5.41, 5.74) is 18.2. The molecule has 148 heavy (non-hydrogen) atoms. The highest BCUT2D eigenvalue weighted by molar-refractivity contribution is 8.01. The van der Waals surface area contributed by atoms with E-state index in [-0.39, 0.29) is 272 Å². The van der Waals surface area contributed by atoms with E-state index in [0.717, 1.165) is 11.8 Å². The number of terminal acetylenes is 1. The van der Waals surface area contributed by atoms with Gasteiger partial charge in [-0.15, -0.1) is 41.4 Å². The van der Waals surface area contributed by atoms with Gasteiger partial charge >= 0.3 is 41.8 Å². The molecule has 0 spiro atoms. The standard InChI is InChI=1S/C23H22N8O8.C20H37N3O6S.C19H19N7O6.C19H34N2O5S.C4H5NO3.C2H2.8CH4.HNS/c24-23-29-19-18(21(36)30-23)27-13(10-26-19)9-25-12-3-1-11(2-4-12)20(35)28-14(22(37)38)5-8-17(34)39-31-15(32)6-7-16(31)33;1-13(2)22-17(26)14(3)11-15(18(27)23(5)6)12-20(4,19(28)29-9-8-21)30-10-7-16(24)25;20-19-25-15-14(17(30)26-19)23-11(8-22-15)7-21-10-3-1-9(2-4-10)16(29)24-12(18(31)32)5-6-13(27)28;1-12(2)20-17(25)13(3)10-15(18(26)21(6)7)11-19(5,14(4)22)27-9-8-16(23)24;6-3-1-2-4(7)5(3)8;1-2;;;;;;;;;1-2/h1-4,10,14,25H,5-9H2,(H,28,35)(H,37,38)(H3,24,26,29,30,36);13-15H,7-12,21H2,1-6H3,(H,22,26)(H,24,25);1-4,8,12,21H,5-7H2,(H,24,29)(H,27,28)(H,31,32)(H3,20,22,25,26,30);12-13,15H,8-11H2,1-7H3,(H,20,25)(H,23,24);8H,1-2H2;1-2H;8*1H4;1H/i;;;;;1D;;;;;;;;;. The van der Waals surface area contributed by atoms with Crippen LogP contribution in [0.25, 0.3) is 22.3 Å². The molecule has 8 rings (SSSR count). The number of aliphatic carboxylic acids is 5. The van der Waals surface area contributed by atoms with Crippen LogP contribution in [0, 0.1) is 41.3 Å². The van der Waals surface area contributed by atoms with Crippen LogP contribution in [-0.2, 0) is 112 Å². The summed E-state index contributed by atoms with van der Waals surface area (Å²) in [5, 5.41) is 70.4. The number of ether oxygens (including phenoxy) is 1. The van der Waals surface area contributed by atoms with Gasteiger partial charge in [-0.3, -0.25) is 96.7 Å². The fourth-order valence-electron chi connectivity index (χ4n) is 12.5. The third kappa shape index (κ3) is 50.9. The van der Waals surface area contributed by atoms with Crippen LogP contribution >= 0.6 is 23.5 Å². The van der Waals surface area contributed by atoms with Gasteiger partial charge in [-0.25, -0.2) is 39.1 Å². The highest BCUT2D eigenvalue weighted by atomic mass is 32.2. The number of thioether (sulfide) groups is 2. The summed E-state index contributed by atoms with van der Waals surface area (Å²) in [6.45, 7) is 16.5. The van der Waals surface area contributed by atoms with E-state index in [9.17, 15) is 101 Å². The van der Waals surface area contributed by atoms with Crippen molar-refractivity contribution in [1.29, 1.82) is 4.78 Å². The minimum Gasteiger partial charge on any atom is -0.481 e. The van der Waals surface area contributed by atoms with Gasteiger partial charge in [-0.05, 0) is 136 Å². The number of nitrogens with two attached hydrogens (primary N) is 3. The molecule has 50 nitrogen and oxygen atoms in total. The lowest BCUT2D eigenvalue weighted by atomic mass is 9.85. The van der Waals surface area contributed by atoms with Crippen molar-refractivity contribution >= 4 is 188 Å². The number of carbonyl (C=O) groups is 18. The summed E-state index contributed by atoms with van der Waals surface area (Å²) in [5.74, 6) is -13.2. The molecule has 0 aliphatic carbocycles. The summed E-state index contributed by atoms with van der Waals surface area (Å²) in [4.78, 5) is 271. The molecule has 0 saturated carbocycles. The average molecular weight is 2150 g/mol. The maximum absolute atomic E-state index is 12.8. The lowest BCUT2D eigenvalue weighted by Gasteiger charge is -2.32. The van der Waals surface area contributed by atoms with Crippen molar-refractivity contribution < 1.29 is 128 Å². The van der Waals surface area contributed by atoms with Gasteiger partial charge in [0.2, 0.25) is 35.5 Å². The van der Waals surface area contributed by atoms with Crippen LogP contribution < -0.4 is 60.2 Å². The number of rotatable bonds is 45. The molecule has 8 unspecified atom stereocenters. The van der Waals surface area contributed by atoms with E-state index in [4.69, 9.17) is 58.6 Å². The number of carboxylic acid groups (broad SMARTS) is 5. The van der Waals surface area contributed by atoms with E-state index in [1.54, 1.807) is 80.2 Å². The average Bonchev–Trinajstić information content (AvgIpc) is 1.23. The molecule has 53 heteroatoms. The molecular formula is C95H152N22O28S3. The lowest BCUT2D eigenvalue weighted by molar-refractivity contribution is -0.197. The number of hydroxylamine groups is 4. The minimum absolute atomic E-state index is 0. The van der Waals surface area contributed by atoms with Crippen molar-refractivity contribution in [2.45, 2.75) is 258 Å². The smallest absolute Gasteiger partial charge is 0.333 e. The summed E-state index contributed by atoms with van der Waals surface area (Å²) in [6, 6.07) is 9.50. The Labute approximate surface area is 877 Å². The molecule has 2 aliphatic rings. The molecule has 2 saturated heterocycles. The number of H-pyrrole nitrogens is 2. The predicted octanol–water partition coefficient (Wildman–Crippen LogP) is 7.88. The Balaban J connectivity index is -0.000000343. The first kappa shape index (κ1) is 144. The number of hydrogen-bond donors (Lipinski definition) is 18. The zero-order valence-electron chi connectivity index (χ0n) is 80.2. The normalized spacial score (nSPS) is 13.2. The van der Waals surface area contributed by atoms with Crippen LogP contribution in [0.15, 0.2) is 70.5 Å². The Morgan fingerprint density at radius 3 is 1.19 bits per heavy atom. The third-order valence-corrected chi connectivity index (χ3v) is 22.7. The van der Waals surface area contributed by atoms with Crippen LogP contribution in [0.5, 0.6) is 0 Å². The minimum atomic E-state index is -1.42. The van der Waals surface area contributed by atoms with Crippen molar-refractivity contribution in [2.75, 3.05) is 74.9 Å². The van der Waals surface area contributed by atoms with Crippen LogP contribution in [0.3, 0.4) is 0 Å². The van der Waals surface area contributed by atoms with E-state index in [0.29, 0.717) is 34.2 Å². The van der Waals surface area contributed by atoms with E-state index < -0.39 is 134 Å². The van der Waals surface area contributed by atoms with Crippen LogP contribution in [0.4, 0.5) is 23.3 Å². The highest BCUT2D eigenvalue weighted by Gasteiger charge is 2.43. The van der Waals surface area contributed by atoms with Crippen molar-refractivity contribution in [1.82, 2.24) is 81.1 Å². The number of ketones is 1. The van der Waals surface area contributed by atoms with Crippen LogP contribution in [0.2, 0.25) is 0 Å². The first-order chi connectivity index (χ1) is 66.1. The molecule has 0 radical (unpaired) electrons. The number of fused-ring (bicyclic) bond motifs is 2. The molecule has 2 fully saturated rings. The zero-order chi connectivity index (χ0) is 107. The number of hydrogen-bond acceptors (Lipinski definition) is 38. The number of esters is 1. The number of Topliss-reactive ketones (excluding diaryl/α,β-unsaturated/α-hetero) is 1. The first-order valence-electron chi connectivity index (χ1n) is 43.4. The second-order valence-corrected chi connectivity index (χ2v) is 35.7. The largest absolute Gasteiger partial charge is 0.481 e. The number of benzene rings is 2. The molecule has 6 heterocycles. The molecule has 21 N–H and O–H groups in total. The van der Waals surface area contributed by atoms with Gasteiger partial charge in [-0.2, -0.15) is 15.0 Å². The number of amides is 10. The molecule has 4 aromatic heterocycles. The summed E-state index contributed by atoms with van der Waals surface area (Å²) < 4.78 is 14.3. The molecule has 2 aromatic carbocycles. The number of carbonyl (C=O) groups excluding carboxylic acids is 13. The maximum Gasteiger partial charge on any atom is 0.333 e. The number of nitrogens with one attached hydrogen (secondary N) is 9. The zero-order valence-corrected chi connectivity index (χ0v) is 81.7. The Bertz CT molecular complexity index is 5530. The van der Waals surface area contributed by atoms with Crippen LogP contribution in [0.1, 0.15) is 245 Å². The van der Waals surface area contributed by atoms with Gasteiger partial charge < -0.3 is 94.0 Å². The third-order valence-electron chi connectivity index (χ3n) is 19.8. The highest BCUT2D eigenvalue weighted by Crippen LogP contribution is 2.38. The molecule has 2 aliphatic heterocycles. The number of carboxylic acids is 5. The monoisotopic (exact) mass is 2150 g/mol. The van der Waals surface area contributed by atoms with Gasteiger partial charge in [-0.1, -0.05) is 73.3 Å². The number of aromatic nitrogens is 8. The number of imide groups is 2. The van der Waals surface area contributed by atoms with Gasteiger partial charge in [0.1, 0.15) is 30.6 Å². The lowest BCUT2D eigenvalue weighted by Crippen LogP contribution is -2.43. The van der Waals surface area contributed by atoms with Crippen molar-refractivity contribution in [3.8, 4) is 12.8 Å². The van der Waals surface area contributed by atoms with E-state index in [1.165, 1.54) is 71.5 Å². The molecule has 0 bridgehead atoms. The number of nitrogen functional groups attached to an aromatic ring is 2. The molecule has 6 aromatic rings. The van der Waals surface area contributed by atoms with Gasteiger partial charge in [0.15, 0.2) is 22.3 Å². The Morgan fingerprint density at radius 2 is 0.878 bits per heavy atom. The Kier molecular flexibility index (Phi) is 70.6. The van der Waals surface area contributed by atoms with Gasteiger partial charge in [0, 0.05) is 149 Å². The van der Waals surface area contributed by atoms with Gasteiger partial charge in [0.05, 0.1) is 60.9 Å². The maximum atomic E-state index is 12.8. The molecule has 828 valence electrons. The number of anilines is 4. The van der Waals surface area contributed by atoms with Crippen LogP contribution in [-0.4, -0.2) is 284 Å². The van der Waals surface area contributed by atoms with Crippen molar-refractivity contribution in [3.05, 3.63) is 104 Å². The number of aromatic amines is 2. The second-order valence-electron chi connectivity index (χ2n) is 32.5. The quantitative estimate of drug-likeness (QED) is 0.00747. The topological polar surface area (TPSA) is 777 Å². The van der Waals surface area contributed by atoms with E-state index in [1.807, 2.05) is 27.7 Å². The number of nitrogens with zero attached hydrogens (tertiary/aromatic N) is 10. The first-order valence-corrected chi connectivity index (χ1v) is 45.3. The van der Waals surface area contributed by atoms with Crippen molar-refractivity contribution in [3.63, 3.8) is 0 Å². The molecular weight excluding hydrogens is 1990 g/mol. The molecule has 8 atom stereocenters. The SMILES string of the molecule is C.C.C.C.C.C.C.C.CC(=O)C(C)(CC(CC(C)C(=O)NC(C)C)C(=O)N(C)C)SCCC(=O)O.CC(C)NC(=O)C(C)CC(CC(C)(SCCC(=O)O)C(=O)OCCN)C(=O)N(C)C.N=S.Nc1nc2ncc(CNc3ccc(C(=O)NC(CCC(=O)O)C(=O)O)cc3)nc2c(=O)[nH]1.Nc1nc2ncc(CNc3ccc(C(=O)NC(CCC(=O)ON4C(=O)CCC4=O)C(=O)O)cc3)nc2c(=O)[nH]1.O=C1CCC(=O)N1O.[2H]C#C. The predicted molar refractivity (Wildman–Crippen MR) is 565 cm³/mol. The van der Waals surface area contributed by atoms with Gasteiger partial charge in [0.25, 0.3) is 46.6 Å². The Morgan fingerprint density at radius 1 is 0.541 bits per heavy atom. The van der Waals surface area contributed by atoms with Crippen molar-refractivity contribution in [2.24, 2.45) is 29.4 Å². The second kappa shape index (κ2) is 72.6. The fraction of sp³-hybridized carbons (Fsp3) is 0.537. The molecule has 10 amide bonds. The summed E-state index contributed by atoms with van der Waals surface area (Å²) in [7, 11) is 6.54. The summed E-state index contributed by atoms with van der Waals surface area (Å²) in [6.07, 6.45) is 8.23. The fourth-order valence-corrected chi connectivity index (χ4v) is 15.0.